The molecular weight excluding hydrogens is 238 g/mol. The minimum absolute atomic E-state index is 0.388. The third-order valence-corrected chi connectivity index (χ3v) is 4.00. The van der Waals surface area contributed by atoms with Crippen molar-refractivity contribution in [1.29, 1.82) is 0 Å². The van der Waals surface area contributed by atoms with Crippen LogP contribution in [0.4, 0.5) is 0 Å². The zero-order valence-electron chi connectivity index (χ0n) is 12.2. The zero-order valence-corrected chi connectivity index (χ0v) is 12.2. The molecule has 1 aliphatic heterocycles. The lowest BCUT2D eigenvalue weighted by atomic mass is 10.0. The largest absolute Gasteiger partial charge is 0.387 e. The monoisotopic (exact) mass is 263 g/mol. The lowest BCUT2D eigenvalue weighted by Crippen LogP contribution is -2.27. The Morgan fingerprint density at radius 2 is 2.21 bits per heavy atom. The van der Waals surface area contributed by atoms with Gasteiger partial charge in [-0.25, -0.2) is 0 Å². The molecule has 0 aliphatic carbocycles. The van der Waals surface area contributed by atoms with Crippen LogP contribution >= 0.6 is 0 Å². The summed E-state index contributed by atoms with van der Waals surface area (Å²) >= 11 is 0. The second-order valence-corrected chi connectivity index (χ2v) is 5.75. The summed E-state index contributed by atoms with van der Waals surface area (Å²) in [5, 5.41) is 10.4. The highest BCUT2D eigenvalue weighted by Gasteiger charge is 2.24. The molecule has 0 aromatic heterocycles. The predicted octanol–water partition coefficient (Wildman–Crippen LogP) is 2.31. The average molecular weight is 263 g/mol. The van der Waals surface area contributed by atoms with Crippen molar-refractivity contribution in [2.75, 3.05) is 33.4 Å². The van der Waals surface area contributed by atoms with Gasteiger partial charge >= 0.3 is 0 Å². The number of hydrogen-bond acceptors (Lipinski definition) is 3. The third kappa shape index (κ3) is 3.78. The van der Waals surface area contributed by atoms with Gasteiger partial charge in [-0.1, -0.05) is 23.8 Å². The Hall–Kier alpha value is -0.900. The van der Waals surface area contributed by atoms with Crippen LogP contribution in [0, 0.1) is 19.8 Å². The fraction of sp³-hybridized carbons (Fsp3) is 0.625. The van der Waals surface area contributed by atoms with Gasteiger partial charge in [0.2, 0.25) is 0 Å². The van der Waals surface area contributed by atoms with Gasteiger partial charge in [0, 0.05) is 20.2 Å². The van der Waals surface area contributed by atoms with E-state index < -0.39 is 0 Å². The van der Waals surface area contributed by atoms with Crippen molar-refractivity contribution in [2.45, 2.75) is 26.4 Å². The average Bonchev–Trinajstić information content (AvgIpc) is 2.80. The number of aryl methyl sites for hydroxylation is 2. The Bertz CT molecular complexity index is 419. The summed E-state index contributed by atoms with van der Waals surface area (Å²) in [5.41, 5.74) is 3.44. The third-order valence-electron chi connectivity index (χ3n) is 4.00. The molecule has 1 aromatic carbocycles. The van der Waals surface area contributed by atoms with Crippen LogP contribution in [0.1, 0.15) is 29.2 Å². The first-order valence-electron chi connectivity index (χ1n) is 7.06. The Kier molecular flexibility index (Phi) is 4.97. The molecular formula is C16H25NO2. The molecule has 3 nitrogen and oxygen atoms in total. The van der Waals surface area contributed by atoms with Gasteiger partial charge in [0.25, 0.3) is 0 Å². The fourth-order valence-corrected chi connectivity index (χ4v) is 2.91. The molecule has 106 valence electrons. The molecule has 0 radical (unpaired) electrons. The van der Waals surface area contributed by atoms with Crippen LogP contribution in [-0.4, -0.2) is 43.4 Å². The molecule has 0 saturated carbocycles. The highest BCUT2D eigenvalue weighted by atomic mass is 16.5. The Labute approximate surface area is 116 Å². The highest BCUT2D eigenvalue weighted by Crippen LogP contribution is 2.23. The normalized spacial score (nSPS) is 21.8. The van der Waals surface area contributed by atoms with Crippen molar-refractivity contribution in [3.05, 3.63) is 34.9 Å². The van der Waals surface area contributed by atoms with Crippen LogP contribution in [-0.2, 0) is 4.74 Å². The van der Waals surface area contributed by atoms with Gasteiger partial charge < -0.3 is 14.7 Å². The van der Waals surface area contributed by atoms with Crippen molar-refractivity contribution < 1.29 is 9.84 Å². The second-order valence-electron chi connectivity index (χ2n) is 5.75. The van der Waals surface area contributed by atoms with E-state index in [0.717, 1.165) is 31.8 Å². The summed E-state index contributed by atoms with van der Waals surface area (Å²) in [5.74, 6) is 0.621. The van der Waals surface area contributed by atoms with Crippen molar-refractivity contribution in [1.82, 2.24) is 4.90 Å². The molecule has 2 unspecified atom stereocenters. The van der Waals surface area contributed by atoms with Gasteiger partial charge in [-0.05, 0) is 43.9 Å². The van der Waals surface area contributed by atoms with E-state index in [-0.39, 0.29) is 6.10 Å². The molecule has 1 saturated heterocycles. The molecule has 1 heterocycles. The molecule has 1 N–H and O–H groups in total. The lowest BCUT2D eigenvalue weighted by Gasteiger charge is -2.22. The second kappa shape index (κ2) is 6.51. The van der Waals surface area contributed by atoms with Crippen LogP contribution in [0.2, 0.25) is 0 Å². The van der Waals surface area contributed by atoms with Crippen molar-refractivity contribution in [2.24, 2.45) is 5.92 Å². The highest BCUT2D eigenvalue weighted by molar-refractivity contribution is 5.32. The number of hydrogen-bond donors (Lipinski definition) is 1. The van der Waals surface area contributed by atoms with Gasteiger partial charge in [0.15, 0.2) is 0 Å². The number of likely N-dealkylation sites (tertiary alicyclic amines) is 1. The van der Waals surface area contributed by atoms with Crippen molar-refractivity contribution >= 4 is 0 Å². The molecule has 1 aromatic rings. The number of methoxy groups -OCH3 is 1. The summed E-state index contributed by atoms with van der Waals surface area (Å²) in [6.45, 7) is 7.79. The SMILES string of the molecule is COCC1CCN(CC(O)c2cc(C)ccc2C)C1. The van der Waals surface area contributed by atoms with E-state index in [1.807, 2.05) is 0 Å². The number of aliphatic hydroxyl groups is 1. The van der Waals surface area contributed by atoms with Gasteiger partial charge in [0.05, 0.1) is 12.7 Å². The van der Waals surface area contributed by atoms with E-state index in [9.17, 15) is 5.11 Å². The van der Waals surface area contributed by atoms with Crippen LogP contribution < -0.4 is 0 Å². The zero-order chi connectivity index (χ0) is 13.8. The number of benzene rings is 1. The first kappa shape index (κ1) is 14.5. The van der Waals surface area contributed by atoms with Gasteiger partial charge in [-0.15, -0.1) is 0 Å². The maximum Gasteiger partial charge on any atom is 0.0919 e. The van der Waals surface area contributed by atoms with E-state index in [4.69, 9.17) is 4.74 Å². The van der Waals surface area contributed by atoms with Crippen molar-refractivity contribution in [3.63, 3.8) is 0 Å². The molecule has 19 heavy (non-hydrogen) atoms. The summed E-state index contributed by atoms with van der Waals surface area (Å²) in [6.07, 6.45) is 0.786. The van der Waals surface area contributed by atoms with Crippen molar-refractivity contribution in [3.8, 4) is 0 Å². The topological polar surface area (TPSA) is 32.7 Å². The Morgan fingerprint density at radius 1 is 1.42 bits per heavy atom. The minimum atomic E-state index is -0.388. The number of β-amino-alcohol motifs (C(OH)–C–C–N with tert-alkyl or cyclic N) is 1. The molecule has 1 aliphatic rings. The summed E-state index contributed by atoms with van der Waals surface area (Å²) in [6, 6.07) is 6.28. The fourth-order valence-electron chi connectivity index (χ4n) is 2.91. The van der Waals surface area contributed by atoms with Crippen LogP contribution in [0.25, 0.3) is 0 Å². The minimum Gasteiger partial charge on any atom is -0.387 e. The van der Waals surface area contributed by atoms with Crippen LogP contribution in [0.5, 0.6) is 0 Å². The first-order valence-corrected chi connectivity index (χ1v) is 7.06. The van der Waals surface area contributed by atoms with E-state index in [2.05, 4.69) is 36.9 Å². The molecule has 2 rings (SSSR count). The van der Waals surface area contributed by atoms with Gasteiger partial charge in [-0.3, -0.25) is 0 Å². The smallest absolute Gasteiger partial charge is 0.0919 e. The Balaban J connectivity index is 1.94. The Morgan fingerprint density at radius 3 is 2.95 bits per heavy atom. The van der Waals surface area contributed by atoms with E-state index in [0.29, 0.717) is 5.92 Å². The molecule has 0 spiro atoms. The number of nitrogens with zero attached hydrogens (tertiary/aromatic N) is 1. The standard InChI is InChI=1S/C16H25NO2/c1-12-4-5-13(2)15(8-12)16(18)10-17-7-6-14(9-17)11-19-3/h4-5,8,14,16,18H,6-7,9-11H2,1-3H3. The predicted molar refractivity (Wildman–Crippen MR) is 77.3 cm³/mol. The molecule has 2 atom stereocenters. The van der Waals surface area contributed by atoms with E-state index >= 15 is 0 Å². The quantitative estimate of drug-likeness (QED) is 0.885. The summed E-state index contributed by atoms with van der Waals surface area (Å²) in [4.78, 5) is 2.34. The number of rotatable bonds is 5. The summed E-state index contributed by atoms with van der Waals surface area (Å²) < 4.78 is 5.21. The van der Waals surface area contributed by atoms with Gasteiger partial charge in [0.1, 0.15) is 0 Å². The molecule has 0 bridgehead atoms. The number of ether oxygens (including phenoxy) is 1. The van der Waals surface area contributed by atoms with Crippen LogP contribution in [0.3, 0.4) is 0 Å². The lowest BCUT2D eigenvalue weighted by molar-refractivity contribution is 0.115. The maximum absolute atomic E-state index is 10.4. The van der Waals surface area contributed by atoms with E-state index in [1.165, 1.54) is 17.5 Å². The van der Waals surface area contributed by atoms with Gasteiger partial charge in [-0.2, -0.15) is 0 Å². The number of aliphatic hydroxyl groups excluding tert-OH is 1. The maximum atomic E-state index is 10.4. The molecule has 1 fully saturated rings. The first-order chi connectivity index (χ1) is 9.10. The molecule has 3 heteroatoms. The molecule has 0 amide bonds. The van der Waals surface area contributed by atoms with Crippen LogP contribution in [0.15, 0.2) is 18.2 Å². The summed E-state index contributed by atoms with van der Waals surface area (Å²) in [7, 11) is 1.76. The van der Waals surface area contributed by atoms with E-state index in [1.54, 1.807) is 7.11 Å².